The van der Waals surface area contributed by atoms with Gasteiger partial charge in [-0.25, -0.2) is 0 Å². The standard InChI is InChI=1S/C12H25N3O2/c1-13-11-5-4-6-15(12(11)16)8-10-17-9-7-14(2)3/h11,13H,4-10H2,1-3H3. The van der Waals surface area contributed by atoms with Crippen LogP contribution in [-0.2, 0) is 9.53 Å². The topological polar surface area (TPSA) is 44.8 Å². The maximum absolute atomic E-state index is 11.9. The van der Waals surface area contributed by atoms with Crippen LogP contribution in [0.15, 0.2) is 0 Å². The SMILES string of the molecule is CNC1CCCN(CCOCCN(C)C)C1=O. The highest BCUT2D eigenvalue weighted by Gasteiger charge is 2.26. The molecule has 0 saturated carbocycles. The molecule has 1 saturated heterocycles. The van der Waals surface area contributed by atoms with Gasteiger partial charge in [-0.3, -0.25) is 4.79 Å². The lowest BCUT2D eigenvalue weighted by Gasteiger charge is -2.32. The van der Waals surface area contributed by atoms with Gasteiger partial charge in [0, 0.05) is 19.6 Å². The molecule has 0 aliphatic carbocycles. The van der Waals surface area contributed by atoms with Crippen LogP contribution in [0.5, 0.6) is 0 Å². The molecule has 1 amide bonds. The Morgan fingerprint density at radius 2 is 2.24 bits per heavy atom. The van der Waals surface area contributed by atoms with E-state index >= 15 is 0 Å². The maximum atomic E-state index is 11.9. The number of likely N-dealkylation sites (tertiary alicyclic amines) is 1. The van der Waals surface area contributed by atoms with E-state index < -0.39 is 0 Å². The van der Waals surface area contributed by atoms with E-state index in [0.29, 0.717) is 13.2 Å². The Bertz CT molecular complexity index is 234. The smallest absolute Gasteiger partial charge is 0.239 e. The second kappa shape index (κ2) is 7.63. The van der Waals surface area contributed by atoms with E-state index in [1.807, 2.05) is 26.0 Å². The molecule has 100 valence electrons. The monoisotopic (exact) mass is 243 g/mol. The molecule has 5 nitrogen and oxygen atoms in total. The summed E-state index contributed by atoms with van der Waals surface area (Å²) in [6, 6.07) is 0.00512. The van der Waals surface area contributed by atoms with E-state index in [0.717, 1.165) is 32.5 Å². The lowest BCUT2D eigenvalue weighted by atomic mass is 10.1. The van der Waals surface area contributed by atoms with E-state index in [-0.39, 0.29) is 11.9 Å². The average molecular weight is 243 g/mol. The van der Waals surface area contributed by atoms with Crippen molar-refractivity contribution in [3.8, 4) is 0 Å². The molecule has 1 heterocycles. The summed E-state index contributed by atoms with van der Waals surface area (Å²) >= 11 is 0. The van der Waals surface area contributed by atoms with Crippen molar-refractivity contribution in [3.63, 3.8) is 0 Å². The number of nitrogens with one attached hydrogen (secondary N) is 1. The van der Waals surface area contributed by atoms with Crippen molar-refractivity contribution in [2.75, 3.05) is 54.0 Å². The quantitative estimate of drug-likeness (QED) is 0.628. The predicted octanol–water partition coefficient (Wildman–Crippen LogP) is -0.225. The first-order valence-corrected chi connectivity index (χ1v) is 6.33. The molecule has 0 aromatic rings. The van der Waals surface area contributed by atoms with E-state index in [9.17, 15) is 4.79 Å². The van der Waals surface area contributed by atoms with Gasteiger partial charge in [-0.1, -0.05) is 0 Å². The number of ether oxygens (including phenoxy) is 1. The summed E-state index contributed by atoms with van der Waals surface area (Å²) in [7, 11) is 5.89. The number of carbonyl (C=O) groups excluding carboxylic acids is 1. The summed E-state index contributed by atoms with van der Waals surface area (Å²) in [6.07, 6.45) is 2.03. The van der Waals surface area contributed by atoms with Gasteiger partial charge in [0.25, 0.3) is 0 Å². The summed E-state index contributed by atoms with van der Waals surface area (Å²) < 4.78 is 5.51. The molecule has 0 aromatic heterocycles. The molecular weight excluding hydrogens is 218 g/mol. The van der Waals surface area contributed by atoms with Crippen LogP contribution in [-0.4, -0.2) is 75.7 Å². The lowest BCUT2D eigenvalue weighted by Crippen LogP contribution is -2.50. The molecule has 1 N–H and O–H groups in total. The van der Waals surface area contributed by atoms with E-state index in [2.05, 4.69) is 10.2 Å². The van der Waals surface area contributed by atoms with Crippen molar-refractivity contribution in [1.29, 1.82) is 0 Å². The van der Waals surface area contributed by atoms with Crippen LogP contribution in [0.1, 0.15) is 12.8 Å². The Labute approximate surface area is 104 Å². The minimum absolute atomic E-state index is 0.00512. The van der Waals surface area contributed by atoms with Gasteiger partial charge in [0.05, 0.1) is 19.3 Å². The van der Waals surface area contributed by atoms with Gasteiger partial charge in [-0.05, 0) is 34.0 Å². The fourth-order valence-corrected chi connectivity index (χ4v) is 1.95. The highest BCUT2D eigenvalue weighted by Crippen LogP contribution is 2.10. The molecule has 1 rings (SSSR count). The van der Waals surface area contributed by atoms with Crippen molar-refractivity contribution < 1.29 is 9.53 Å². The largest absolute Gasteiger partial charge is 0.378 e. The lowest BCUT2D eigenvalue weighted by molar-refractivity contribution is -0.136. The summed E-state index contributed by atoms with van der Waals surface area (Å²) in [5, 5.41) is 3.06. The minimum atomic E-state index is 0.00512. The Hall–Kier alpha value is -0.650. The predicted molar refractivity (Wildman–Crippen MR) is 68.0 cm³/mol. The molecule has 0 radical (unpaired) electrons. The Balaban J connectivity index is 2.15. The number of hydrogen-bond donors (Lipinski definition) is 1. The van der Waals surface area contributed by atoms with Gasteiger partial charge in [0.15, 0.2) is 0 Å². The number of carbonyl (C=O) groups is 1. The first-order valence-electron chi connectivity index (χ1n) is 6.33. The second-order valence-electron chi connectivity index (χ2n) is 4.72. The average Bonchev–Trinajstić information content (AvgIpc) is 2.30. The zero-order valence-electron chi connectivity index (χ0n) is 11.2. The Morgan fingerprint density at radius 3 is 2.88 bits per heavy atom. The number of likely N-dealkylation sites (N-methyl/N-ethyl adjacent to an activating group) is 2. The summed E-state index contributed by atoms with van der Waals surface area (Å²) in [5.74, 6) is 0.218. The number of amides is 1. The van der Waals surface area contributed by atoms with E-state index in [4.69, 9.17) is 4.74 Å². The third kappa shape index (κ3) is 5.02. The minimum Gasteiger partial charge on any atom is -0.378 e. The highest BCUT2D eigenvalue weighted by atomic mass is 16.5. The number of piperidine rings is 1. The van der Waals surface area contributed by atoms with Crippen LogP contribution in [0.2, 0.25) is 0 Å². The molecule has 0 aromatic carbocycles. The van der Waals surface area contributed by atoms with Crippen molar-refractivity contribution in [2.45, 2.75) is 18.9 Å². The fourth-order valence-electron chi connectivity index (χ4n) is 1.95. The number of rotatable bonds is 7. The molecule has 17 heavy (non-hydrogen) atoms. The molecule has 1 aliphatic rings. The third-order valence-electron chi connectivity index (χ3n) is 3.07. The molecule has 1 atom stereocenters. The van der Waals surface area contributed by atoms with Crippen LogP contribution >= 0.6 is 0 Å². The number of nitrogens with zero attached hydrogens (tertiary/aromatic N) is 2. The van der Waals surface area contributed by atoms with Crippen LogP contribution < -0.4 is 5.32 Å². The van der Waals surface area contributed by atoms with Gasteiger partial charge < -0.3 is 19.9 Å². The fraction of sp³-hybridized carbons (Fsp3) is 0.917. The second-order valence-corrected chi connectivity index (χ2v) is 4.72. The van der Waals surface area contributed by atoms with Crippen molar-refractivity contribution >= 4 is 5.91 Å². The van der Waals surface area contributed by atoms with Crippen LogP contribution in [0.25, 0.3) is 0 Å². The maximum Gasteiger partial charge on any atom is 0.239 e. The molecule has 1 aliphatic heterocycles. The van der Waals surface area contributed by atoms with Gasteiger partial charge >= 0.3 is 0 Å². The third-order valence-corrected chi connectivity index (χ3v) is 3.07. The van der Waals surface area contributed by atoms with Gasteiger partial charge in [0.2, 0.25) is 5.91 Å². The molecule has 5 heteroatoms. The molecule has 0 bridgehead atoms. The van der Waals surface area contributed by atoms with Gasteiger partial charge in [-0.15, -0.1) is 0 Å². The first kappa shape index (κ1) is 14.4. The molecule has 1 unspecified atom stereocenters. The van der Waals surface area contributed by atoms with Gasteiger partial charge in [-0.2, -0.15) is 0 Å². The normalized spacial score (nSPS) is 21.3. The zero-order chi connectivity index (χ0) is 12.7. The van der Waals surface area contributed by atoms with Crippen LogP contribution in [0.3, 0.4) is 0 Å². The van der Waals surface area contributed by atoms with Crippen LogP contribution in [0, 0.1) is 0 Å². The first-order chi connectivity index (χ1) is 8.15. The van der Waals surface area contributed by atoms with E-state index in [1.165, 1.54) is 0 Å². The summed E-state index contributed by atoms with van der Waals surface area (Å²) in [4.78, 5) is 15.9. The van der Waals surface area contributed by atoms with Crippen molar-refractivity contribution in [1.82, 2.24) is 15.1 Å². The number of hydrogen-bond acceptors (Lipinski definition) is 4. The summed E-state index contributed by atoms with van der Waals surface area (Å²) in [5.41, 5.74) is 0. The van der Waals surface area contributed by atoms with Crippen molar-refractivity contribution in [3.05, 3.63) is 0 Å². The van der Waals surface area contributed by atoms with E-state index in [1.54, 1.807) is 0 Å². The zero-order valence-corrected chi connectivity index (χ0v) is 11.2. The molecule has 1 fully saturated rings. The molecular formula is C12H25N3O2. The van der Waals surface area contributed by atoms with Crippen molar-refractivity contribution in [2.24, 2.45) is 0 Å². The highest BCUT2D eigenvalue weighted by molar-refractivity contribution is 5.82. The Morgan fingerprint density at radius 1 is 1.47 bits per heavy atom. The molecule has 0 spiro atoms. The van der Waals surface area contributed by atoms with Gasteiger partial charge in [0.1, 0.15) is 0 Å². The summed E-state index contributed by atoms with van der Waals surface area (Å²) in [6.45, 7) is 3.87. The Kier molecular flexibility index (Phi) is 6.47. The van der Waals surface area contributed by atoms with Crippen LogP contribution in [0.4, 0.5) is 0 Å².